The largest absolute Gasteiger partial charge is 0.489 e. The Labute approximate surface area is 136 Å². The molecule has 1 N–H and O–H groups in total. The zero-order chi connectivity index (χ0) is 15.7. The Morgan fingerprint density at radius 1 is 0.826 bits per heavy atom. The summed E-state index contributed by atoms with van der Waals surface area (Å²) >= 11 is 0. The van der Waals surface area contributed by atoms with Crippen molar-refractivity contribution in [3.63, 3.8) is 0 Å². The number of nitrogens with zero attached hydrogens (tertiary/aromatic N) is 2. The van der Waals surface area contributed by atoms with Crippen molar-refractivity contribution in [1.82, 2.24) is 15.4 Å². The van der Waals surface area contributed by atoms with E-state index in [0.717, 1.165) is 37.1 Å². The predicted octanol–water partition coefficient (Wildman–Crippen LogP) is 3.95. The first kappa shape index (κ1) is 15.3. The van der Waals surface area contributed by atoms with Gasteiger partial charge in [0.2, 0.25) is 0 Å². The van der Waals surface area contributed by atoms with Crippen molar-refractivity contribution in [3.05, 3.63) is 77.6 Å². The van der Waals surface area contributed by atoms with Crippen LogP contribution < -0.4 is 4.74 Å². The van der Waals surface area contributed by atoms with Gasteiger partial charge in [0, 0.05) is 6.20 Å². The molecule has 2 aromatic carbocycles. The molecule has 1 heterocycles. The SMILES string of the molecule is c1ccc(COc2ccc(CCCCc3c[nH]nn3)cc2)cc1. The predicted molar refractivity (Wildman–Crippen MR) is 90.2 cm³/mol. The molecular weight excluding hydrogens is 286 g/mol. The van der Waals surface area contributed by atoms with Crippen molar-refractivity contribution in [2.24, 2.45) is 0 Å². The third kappa shape index (κ3) is 4.95. The third-order valence-electron chi connectivity index (χ3n) is 3.79. The summed E-state index contributed by atoms with van der Waals surface area (Å²) in [5.41, 5.74) is 3.57. The van der Waals surface area contributed by atoms with Crippen LogP contribution in [0.2, 0.25) is 0 Å². The third-order valence-corrected chi connectivity index (χ3v) is 3.79. The lowest BCUT2D eigenvalue weighted by molar-refractivity contribution is 0.306. The van der Waals surface area contributed by atoms with Crippen molar-refractivity contribution >= 4 is 0 Å². The minimum atomic E-state index is 0.609. The Morgan fingerprint density at radius 3 is 2.35 bits per heavy atom. The second-order valence-electron chi connectivity index (χ2n) is 5.59. The molecule has 0 aliphatic carbocycles. The maximum absolute atomic E-state index is 5.80. The molecule has 0 radical (unpaired) electrons. The van der Waals surface area contributed by atoms with Crippen LogP contribution in [0.5, 0.6) is 5.75 Å². The van der Waals surface area contributed by atoms with Crippen LogP contribution in [0.3, 0.4) is 0 Å². The number of benzene rings is 2. The van der Waals surface area contributed by atoms with E-state index >= 15 is 0 Å². The quantitative estimate of drug-likeness (QED) is 0.641. The van der Waals surface area contributed by atoms with Gasteiger partial charge in [-0.2, -0.15) is 0 Å². The zero-order valence-electron chi connectivity index (χ0n) is 13.1. The number of unbranched alkanes of at least 4 members (excludes halogenated alkanes) is 1. The maximum Gasteiger partial charge on any atom is 0.119 e. The van der Waals surface area contributed by atoms with Crippen LogP contribution in [-0.2, 0) is 19.4 Å². The molecule has 0 unspecified atom stereocenters. The average Bonchev–Trinajstić information content (AvgIpc) is 3.12. The molecule has 1 aromatic heterocycles. The van der Waals surface area contributed by atoms with Crippen LogP contribution in [0.1, 0.15) is 29.7 Å². The molecule has 0 bridgehead atoms. The van der Waals surface area contributed by atoms with Gasteiger partial charge in [0.05, 0.1) is 5.69 Å². The van der Waals surface area contributed by atoms with Gasteiger partial charge in [0.1, 0.15) is 12.4 Å². The molecule has 0 aliphatic rings. The smallest absolute Gasteiger partial charge is 0.119 e. The van der Waals surface area contributed by atoms with Gasteiger partial charge in [0.25, 0.3) is 0 Å². The highest BCUT2D eigenvalue weighted by atomic mass is 16.5. The molecule has 0 aliphatic heterocycles. The molecule has 23 heavy (non-hydrogen) atoms. The van der Waals surface area contributed by atoms with E-state index in [4.69, 9.17) is 4.74 Å². The van der Waals surface area contributed by atoms with Crippen LogP contribution in [0.15, 0.2) is 60.8 Å². The highest BCUT2D eigenvalue weighted by Crippen LogP contribution is 2.16. The summed E-state index contributed by atoms with van der Waals surface area (Å²) in [6, 6.07) is 18.6. The summed E-state index contributed by atoms with van der Waals surface area (Å²) in [4.78, 5) is 0. The first-order chi connectivity index (χ1) is 11.4. The number of hydrogen-bond acceptors (Lipinski definition) is 3. The van der Waals surface area contributed by atoms with Gasteiger partial charge in [0.15, 0.2) is 0 Å². The van der Waals surface area contributed by atoms with Gasteiger partial charge in [-0.25, -0.2) is 0 Å². The molecule has 3 aromatic rings. The lowest BCUT2D eigenvalue weighted by Crippen LogP contribution is -1.95. The fraction of sp³-hybridized carbons (Fsp3) is 0.263. The lowest BCUT2D eigenvalue weighted by atomic mass is 10.1. The summed E-state index contributed by atoms with van der Waals surface area (Å²) in [5.74, 6) is 0.917. The van der Waals surface area contributed by atoms with Gasteiger partial charge >= 0.3 is 0 Å². The number of nitrogens with one attached hydrogen (secondary N) is 1. The Bertz CT molecular complexity index is 678. The standard InChI is InChI=1S/C19H21N3O/c1-2-7-17(8-3-1)15-23-19-12-10-16(11-13-19)6-4-5-9-18-14-20-22-21-18/h1-3,7-8,10-14H,4-6,9,15H2,(H,20,21,22). The molecule has 0 amide bonds. The second kappa shape index (κ2) is 8.13. The molecule has 4 heteroatoms. The van der Waals surface area contributed by atoms with E-state index in [1.807, 2.05) is 24.4 Å². The van der Waals surface area contributed by atoms with E-state index in [-0.39, 0.29) is 0 Å². The Hall–Kier alpha value is -2.62. The number of rotatable bonds is 8. The number of hydrogen-bond donors (Lipinski definition) is 1. The average molecular weight is 307 g/mol. The monoisotopic (exact) mass is 307 g/mol. The summed E-state index contributed by atoms with van der Waals surface area (Å²) in [7, 11) is 0. The van der Waals surface area contributed by atoms with E-state index in [1.165, 1.54) is 11.1 Å². The number of ether oxygens (including phenoxy) is 1. The highest BCUT2D eigenvalue weighted by molar-refractivity contribution is 5.27. The summed E-state index contributed by atoms with van der Waals surface area (Å²) in [6.45, 7) is 0.609. The molecule has 0 spiro atoms. The van der Waals surface area contributed by atoms with E-state index < -0.39 is 0 Å². The fourth-order valence-corrected chi connectivity index (χ4v) is 2.48. The van der Waals surface area contributed by atoms with Crippen molar-refractivity contribution in [1.29, 1.82) is 0 Å². The van der Waals surface area contributed by atoms with Crippen molar-refractivity contribution in [2.75, 3.05) is 0 Å². The molecule has 0 fully saturated rings. The number of aromatic nitrogens is 3. The van der Waals surface area contributed by atoms with Crippen LogP contribution in [0, 0.1) is 0 Å². The Balaban J connectivity index is 1.40. The minimum absolute atomic E-state index is 0.609. The van der Waals surface area contributed by atoms with Crippen LogP contribution in [0.25, 0.3) is 0 Å². The van der Waals surface area contributed by atoms with Crippen molar-refractivity contribution < 1.29 is 4.74 Å². The van der Waals surface area contributed by atoms with Crippen LogP contribution in [-0.4, -0.2) is 15.4 Å². The van der Waals surface area contributed by atoms with Gasteiger partial charge in [-0.15, -0.1) is 5.10 Å². The highest BCUT2D eigenvalue weighted by Gasteiger charge is 1.99. The van der Waals surface area contributed by atoms with E-state index in [1.54, 1.807) is 0 Å². The molecule has 0 atom stereocenters. The van der Waals surface area contributed by atoms with Gasteiger partial charge in [-0.1, -0.05) is 47.7 Å². The molecule has 0 saturated carbocycles. The van der Waals surface area contributed by atoms with Crippen molar-refractivity contribution in [3.8, 4) is 5.75 Å². The van der Waals surface area contributed by atoms with Crippen molar-refractivity contribution in [2.45, 2.75) is 32.3 Å². The van der Waals surface area contributed by atoms with Crippen LogP contribution in [0.4, 0.5) is 0 Å². The van der Waals surface area contributed by atoms with E-state index in [0.29, 0.717) is 6.61 Å². The fourth-order valence-electron chi connectivity index (χ4n) is 2.48. The topological polar surface area (TPSA) is 50.8 Å². The molecule has 3 rings (SSSR count). The zero-order valence-corrected chi connectivity index (χ0v) is 13.1. The Kier molecular flexibility index (Phi) is 5.40. The van der Waals surface area contributed by atoms with E-state index in [2.05, 4.69) is 51.8 Å². The second-order valence-corrected chi connectivity index (χ2v) is 5.59. The normalized spacial score (nSPS) is 10.6. The first-order valence-electron chi connectivity index (χ1n) is 8.01. The maximum atomic E-state index is 5.80. The molecule has 0 saturated heterocycles. The first-order valence-corrected chi connectivity index (χ1v) is 8.01. The number of aryl methyl sites for hydroxylation is 2. The van der Waals surface area contributed by atoms with Crippen LogP contribution >= 0.6 is 0 Å². The molecule has 4 nitrogen and oxygen atoms in total. The van der Waals surface area contributed by atoms with E-state index in [9.17, 15) is 0 Å². The van der Waals surface area contributed by atoms with Gasteiger partial charge in [-0.3, -0.25) is 5.10 Å². The molecule has 118 valence electrons. The minimum Gasteiger partial charge on any atom is -0.489 e. The van der Waals surface area contributed by atoms with Gasteiger partial charge in [-0.05, 0) is 48.9 Å². The molecular formula is C19H21N3O. The number of aromatic amines is 1. The summed E-state index contributed by atoms with van der Waals surface area (Å²) < 4.78 is 5.80. The summed E-state index contributed by atoms with van der Waals surface area (Å²) in [5, 5.41) is 10.5. The summed E-state index contributed by atoms with van der Waals surface area (Å²) in [6.07, 6.45) is 6.19. The Morgan fingerprint density at radius 2 is 1.61 bits per heavy atom. The number of H-pyrrole nitrogens is 1. The lowest BCUT2D eigenvalue weighted by Gasteiger charge is -2.07. The van der Waals surface area contributed by atoms with Gasteiger partial charge < -0.3 is 4.74 Å².